The number of aromatic nitrogens is 1. The zero-order valence-corrected chi connectivity index (χ0v) is 12.0. The normalized spacial score (nSPS) is 10.7. The average Bonchev–Trinajstić information content (AvgIpc) is 2.36. The number of carbonyl (C=O) groups excluding carboxylic acids is 2. The standard InChI is InChI=1S/C15H16N2O4/c1-8(2)20-11-4-5-12-10(6-11)7-13(21-9(3)18)14(17-12)15(16)19/h4-8H,1-3H3,(H2,16,19). The molecule has 0 radical (unpaired) electrons. The zero-order chi connectivity index (χ0) is 15.6. The van der Waals surface area contributed by atoms with Crippen molar-refractivity contribution < 1.29 is 19.1 Å². The van der Waals surface area contributed by atoms with Crippen molar-refractivity contribution in [3.63, 3.8) is 0 Å². The highest BCUT2D eigenvalue weighted by atomic mass is 16.5. The van der Waals surface area contributed by atoms with Crippen molar-refractivity contribution in [1.82, 2.24) is 4.98 Å². The topological polar surface area (TPSA) is 91.5 Å². The number of hydrogen-bond donors (Lipinski definition) is 1. The van der Waals surface area contributed by atoms with Gasteiger partial charge in [0.1, 0.15) is 5.75 Å². The number of fused-ring (bicyclic) bond motifs is 1. The molecule has 1 amide bonds. The highest BCUT2D eigenvalue weighted by molar-refractivity contribution is 5.97. The lowest BCUT2D eigenvalue weighted by Gasteiger charge is -2.11. The molecule has 0 aliphatic carbocycles. The van der Waals surface area contributed by atoms with Crippen molar-refractivity contribution >= 4 is 22.8 Å². The van der Waals surface area contributed by atoms with Crippen LogP contribution in [0.3, 0.4) is 0 Å². The molecule has 0 saturated heterocycles. The van der Waals surface area contributed by atoms with Crippen molar-refractivity contribution in [3.8, 4) is 11.5 Å². The van der Waals surface area contributed by atoms with Gasteiger partial charge in [-0.3, -0.25) is 9.59 Å². The number of esters is 1. The Bertz CT molecular complexity index is 710. The fourth-order valence-corrected chi connectivity index (χ4v) is 1.89. The summed E-state index contributed by atoms with van der Waals surface area (Å²) in [6.45, 7) is 5.08. The third-order valence-electron chi connectivity index (χ3n) is 2.61. The number of benzene rings is 1. The molecule has 6 nitrogen and oxygen atoms in total. The van der Waals surface area contributed by atoms with E-state index in [-0.39, 0.29) is 17.5 Å². The molecule has 110 valence electrons. The summed E-state index contributed by atoms with van der Waals surface area (Å²) in [5.74, 6) is -0.590. The molecular weight excluding hydrogens is 272 g/mol. The molecule has 0 aliphatic heterocycles. The van der Waals surface area contributed by atoms with Gasteiger partial charge in [0.25, 0.3) is 5.91 Å². The SMILES string of the molecule is CC(=O)Oc1cc2cc(OC(C)C)ccc2nc1C(N)=O. The summed E-state index contributed by atoms with van der Waals surface area (Å²) >= 11 is 0. The van der Waals surface area contributed by atoms with Crippen LogP contribution in [-0.4, -0.2) is 23.0 Å². The molecule has 0 spiro atoms. The summed E-state index contributed by atoms with van der Waals surface area (Å²) in [5, 5.41) is 0.689. The number of ether oxygens (including phenoxy) is 2. The van der Waals surface area contributed by atoms with Gasteiger partial charge in [0.05, 0.1) is 11.6 Å². The van der Waals surface area contributed by atoms with E-state index in [4.69, 9.17) is 15.2 Å². The molecule has 2 aromatic rings. The lowest BCUT2D eigenvalue weighted by Crippen LogP contribution is -2.16. The molecule has 0 fully saturated rings. The second kappa shape index (κ2) is 5.78. The quantitative estimate of drug-likeness (QED) is 0.869. The molecule has 0 bridgehead atoms. The number of primary amides is 1. The summed E-state index contributed by atoms with van der Waals surface area (Å²) in [6.07, 6.45) is 0.0354. The minimum atomic E-state index is -0.754. The monoisotopic (exact) mass is 288 g/mol. The number of rotatable bonds is 4. The molecule has 6 heteroatoms. The van der Waals surface area contributed by atoms with Gasteiger partial charge in [0.15, 0.2) is 11.4 Å². The van der Waals surface area contributed by atoms with Gasteiger partial charge >= 0.3 is 5.97 Å². The summed E-state index contributed by atoms with van der Waals surface area (Å²) in [7, 11) is 0. The van der Waals surface area contributed by atoms with Crippen LogP contribution in [0.15, 0.2) is 24.3 Å². The van der Waals surface area contributed by atoms with E-state index >= 15 is 0 Å². The van der Waals surface area contributed by atoms with Gasteiger partial charge in [-0.15, -0.1) is 0 Å². The smallest absolute Gasteiger partial charge is 0.308 e. The molecular formula is C15H16N2O4. The Balaban J connectivity index is 2.55. The first-order valence-corrected chi connectivity index (χ1v) is 6.46. The van der Waals surface area contributed by atoms with Crippen molar-refractivity contribution in [2.45, 2.75) is 26.9 Å². The van der Waals surface area contributed by atoms with Crippen LogP contribution in [0.25, 0.3) is 10.9 Å². The van der Waals surface area contributed by atoms with Crippen LogP contribution in [0, 0.1) is 0 Å². The number of nitrogens with two attached hydrogens (primary N) is 1. The molecule has 1 aromatic heterocycles. The first kappa shape index (κ1) is 14.8. The second-order valence-corrected chi connectivity index (χ2v) is 4.81. The minimum absolute atomic E-state index is 0.0354. The van der Waals surface area contributed by atoms with Gasteiger partial charge in [-0.1, -0.05) is 0 Å². The predicted molar refractivity (Wildman–Crippen MR) is 77.3 cm³/mol. The number of hydrogen-bond acceptors (Lipinski definition) is 5. The molecule has 0 saturated carbocycles. The average molecular weight is 288 g/mol. The van der Waals surface area contributed by atoms with Crippen LogP contribution in [0.4, 0.5) is 0 Å². The highest BCUT2D eigenvalue weighted by Crippen LogP contribution is 2.26. The van der Waals surface area contributed by atoms with Crippen LogP contribution in [0.1, 0.15) is 31.3 Å². The van der Waals surface area contributed by atoms with E-state index in [9.17, 15) is 9.59 Å². The Hall–Kier alpha value is -2.63. The van der Waals surface area contributed by atoms with Crippen molar-refractivity contribution in [1.29, 1.82) is 0 Å². The van der Waals surface area contributed by atoms with E-state index in [0.717, 1.165) is 0 Å². The Morgan fingerprint density at radius 1 is 1.24 bits per heavy atom. The van der Waals surface area contributed by atoms with Gasteiger partial charge < -0.3 is 15.2 Å². The minimum Gasteiger partial charge on any atom is -0.491 e. The van der Waals surface area contributed by atoms with Gasteiger partial charge in [-0.2, -0.15) is 0 Å². The van der Waals surface area contributed by atoms with Gasteiger partial charge in [-0.25, -0.2) is 4.98 Å². The zero-order valence-electron chi connectivity index (χ0n) is 12.0. The van der Waals surface area contributed by atoms with E-state index < -0.39 is 11.9 Å². The van der Waals surface area contributed by atoms with Crippen molar-refractivity contribution in [3.05, 3.63) is 30.0 Å². The molecule has 1 heterocycles. The van der Waals surface area contributed by atoms with Crippen molar-refractivity contribution in [2.24, 2.45) is 5.73 Å². The maximum absolute atomic E-state index is 11.4. The number of pyridine rings is 1. The van der Waals surface area contributed by atoms with E-state index in [0.29, 0.717) is 16.7 Å². The van der Waals surface area contributed by atoms with E-state index in [1.54, 1.807) is 24.3 Å². The Kier molecular flexibility index (Phi) is 4.07. The fourth-order valence-electron chi connectivity index (χ4n) is 1.89. The summed E-state index contributed by atoms with van der Waals surface area (Å²) < 4.78 is 10.6. The number of amides is 1. The Morgan fingerprint density at radius 3 is 2.52 bits per heavy atom. The van der Waals surface area contributed by atoms with Crippen LogP contribution < -0.4 is 15.2 Å². The molecule has 2 N–H and O–H groups in total. The largest absolute Gasteiger partial charge is 0.491 e. The Labute approximate surface area is 121 Å². The number of nitrogens with zero attached hydrogens (tertiary/aromatic N) is 1. The van der Waals surface area contributed by atoms with E-state index in [1.807, 2.05) is 13.8 Å². The molecule has 21 heavy (non-hydrogen) atoms. The van der Waals surface area contributed by atoms with Gasteiger partial charge in [-0.05, 0) is 38.1 Å². The fraction of sp³-hybridized carbons (Fsp3) is 0.267. The molecule has 0 atom stereocenters. The third-order valence-corrected chi connectivity index (χ3v) is 2.61. The first-order chi connectivity index (χ1) is 9.86. The summed E-state index contributed by atoms with van der Waals surface area (Å²) in [5.41, 5.74) is 5.75. The molecule has 2 rings (SSSR count). The summed E-state index contributed by atoms with van der Waals surface area (Å²) in [4.78, 5) is 26.7. The Morgan fingerprint density at radius 2 is 1.95 bits per heavy atom. The van der Waals surface area contributed by atoms with Gasteiger partial charge in [0.2, 0.25) is 0 Å². The first-order valence-electron chi connectivity index (χ1n) is 6.46. The predicted octanol–water partition coefficient (Wildman–Crippen LogP) is 2.05. The second-order valence-electron chi connectivity index (χ2n) is 4.81. The van der Waals surface area contributed by atoms with Crippen LogP contribution in [0.2, 0.25) is 0 Å². The molecule has 0 unspecified atom stereocenters. The molecule has 1 aromatic carbocycles. The highest BCUT2D eigenvalue weighted by Gasteiger charge is 2.15. The van der Waals surface area contributed by atoms with Crippen molar-refractivity contribution in [2.75, 3.05) is 0 Å². The third kappa shape index (κ3) is 3.47. The maximum atomic E-state index is 11.4. The van der Waals surface area contributed by atoms with Crippen LogP contribution in [0.5, 0.6) is 11.5 Å². The molecule has 0 aliphatic rings. The van der Waals surface area contributed by atoms with Crippen LogP contribution in [-0.2, 0) is 4.79 Å². The summed E-state index contributed by atoms with van der Waals surface area (Å²) in [6, 6.07) is 6.79. The number of carbonyl (C=O) groups is 2. The lowest BCUT2D eigenvalue weighted by molar-refractivity contribution is -0.131. The van der Waals surface area contributed by atoms with E-state index in [1.165, 1.54) is 6.92 Å². The lowest BCUT2D eigenvalue weighted by atomic mass is 10.1. The maximum Gasteiger partial charge on any atom is 0.308 e. The van der Waals surface area contributed by atoms with Gasteiger partial charge in [0, 0.05) is 12.3 Å². The van der Waals surface area contributed by atoms with E-state index in [2.05, 4.69) is 4.98 Å². The van der Waals surface area contributed by atoms with Crippen LogP contribution >= 0.6 is 0 Å².